The molecule has 0 radical (unpaired) electrons. The Morgan fingerprint density at radius 1 is 1.58 bits per heavy atom. The van der Waals surface area contributed by atoms with Gasteiger partial charge in [-0.05, 0) is 38.2 Å². The first-order valence-corrected chi connectivity index (χ1v) is 5.06. The number of hydrogen-bond acceptors (Lipinski definition) is 1. The third-order valence-corrected chi connectivity index (χ3v) is 3.15. The Hall–Kier alpha value is -0.650. The van der Waals surface area contributed by atoms with Crippen molar-refractivity contribution in [3.63, 3.8) is 0 Å². The smallest absolute Gasteiger partial charge is 0.0248 e. The summed E-state index contributed by atoms with van der Waals surface area (Å²) in [6.45, 7) is 6.98. The highest BCUT2D eigenvalue weighted by Gasteiger charge is 2.11. The maximum atomic E-state index is 3.84. The molecular weight excluding hydrogens is 165 g/mol. The molecule has 1 aromatic rings. The highest BCUT2D eigenvalue weighted by Crippen LogP contribution is 2.23. The lowest BCUT2D eigenvalue weighted by molar-refractivity contribution is 0.958. The molecule has 0 spiro atoms. The Kier molecular flexibility index (Phi) is 2.00. The number of nitrogens with one attached hydrogen (secondary N) is 1. The van der Waals surface area contributed by atoms with Crippen molar-refractivity contribution in [1.82, 2.24) is 5.09 Å². The molecule has 0 aromatic heterocycles. The minimum Gasteiger partial charge on any atom is -0.290 e. The molecule has 1 atom stereocenters. The van der Waals surface area contributed by atoms with E-state index in [1.165, 1.54) is 22.0 Å². The zero-order valence-corrected chi connectivity index (χ0v) is 8.15. The van der Waals surface area contributed by atoms with E-state index in [1.54, 1.807) is 0 Å². The number of benzene rings is 1. The normalized spacial score (nSPS) is 16.4. The summed E-state index contributed by atoms with van der Waals surface area (Å²) >= 11 is 0. The number of hydrogen-bond donors (Lipinski definition) is 1. The van der Waals surface area contributed by atoms with Crippen molar-refractivity contribution in [2.75, 3.05) is 0 Å². The maximum absolute atomic E-state index is 3.84. The monoisotopic (exact) mass is 177 g/mol. The van der Waals surface area contributed by atoms with Gasteiger partial charge in [0.25, 0.3) is 0 Å². The van der Waals surface area contributed by atoms with Gasteiger partial charge >= 0.3 is 0 Å². The van der Waals surface area contributed by atoms with E-state index < -0.39 is 0 Å². The van der Waals surface area contributed by atoms with Gasteiger partial charge in [-0.25, -0.2) is 0 Å². The van der Waals surface area contributed by atoms with Gasteiger partial charge in [0.05, 0.1) is 0 Å². The largest absolute Gasteiger partial charge is 0.290 e. The quantitative estimate of drug-likeness (QED) is 0.646. The molecule has 1 N–H and O–H groups in total. The molecule has 0 aliphatic carbocycles. The lowest BCUT2D eigenvalue weighted by Gasteiger charge is -2.19. The van der Waals surface area contributed by atoms with Crippen LogP contribution in [0.1, 0.15) is 16.7 Å². The molecule has 0 saturated carbocycles. The summed E-state index contributed by atoms with van der Waals surface area (Å²) in [5.41, 5.74) is 4.09. The van der Waals surface area contributed by atoms with Crippen LogP contribution >= 0.6 is 8.73 Å². The van der Waals surface area contributed by atoms with Crippen LogP contribution in [0.4, 0.5) is 0 Å². The molecule has 0 amide bonds. The van der Waals surface area contributed by atoms with E-state index in [9.17, 15) is 0 Å². The average Bonchev–Trinajstić information content (AvgIpc) is 2.02. The number of rotatable bonds is 1. The molecule has 1 nitrogen and oxygen atoms in total. The summed E-state index contributed by atoms with van der Waals surface area (Å²) < 4.78 is 0. The van der Waals surface area contributed by atoms with Crippen LogP contribution in [0.5, 0.6) is 0 Å². The summed E-state index contributed by atoms with van der Waals surface area (Å²) in [7, 11) is 0.744. The Labute approximate surface area is 74.7 Å². The molecule has 1 heterocycles. The van der Waals surface area contributed by atoms with Gasteiger partial charge in [-0.15, -0.1) is 0 Å². The molecule has 1 aromatic carbocycles. The third kappa shape index (κ3) is 1.20. The first kappa shape index (κ1) is 7.97. The molecule has 0 fully saturated rings. The van der Waals surface area contributed by atoms with Gasteiger partial charge < -0.3 is 0 Å². The minimum atomic E-state index is 0.744. The first-order chi connectivity index (χ1) is 5.81. The van der Waals surface area contributed by atoms with Crippen LogP contribution in [0.3, 0.4) is 0 Å². The van der Waals surface area contributed by atoms with E-state index in [2.05, 4.69) is 30.7 Å². The lowest BCUT2D eigenvalue weighted by Crippen LogP contribution is -2.19. The second kappa shape index (κ2) is 3.01. The highest BCUT2D eigenvalue weighted by atomic mass is 31.1. The van der Waals surface area contributed by atoms with Crippen LogP contribution in [0, 0.1) is 6.92 Å². The fourth-order valence-corrected chi connectivity index (χ4v) is 2.76. The molecule has 2 rings (SSSR count). The summed E-state index contributed by atoms with van der Waals surface area (Å²) in [5.74, 6) is 0. The molecule has 2 heteroatoms. The van der Waals surface area contributed by atoms with Crippen molar-refractivity contribution in [2.45, 2.75) is 13.5 Å². The van der Waals surface area contributed by atoms with Gasteiger partial charge in [0, 0.05) is 6.54 Å². The lowest BCUT2D eigenvalue weighted by atomic mass is 10.0. The van der Waals surface area contributed by atoms with Gasteiger partial charge in [0.1, 0.15) is 0 Å². The molecule has 62 valence electrons. The van der Waals surface area contributed by atoms with Gasteiger partial charge in [-0.3, -0.25) is 5.09 Å². The summed E-state index contributed by atoms with van der Waals surface area (Å²) in [4.78, 5) is 0. The van der Waals surface area contributed by atoms with Crippen molar-refractivity contribution in [3.8, 4) is 0 Å². The molecule has 1 unspecified atom stereocenters. The van der Waals surface area contributed by atoms with Gasteiger partial charge in [0.15, 0.2) is 0 Å². The highest BCUT2D eigenvalue weighted by molar-refractivity contribution is 7.45. The van der Waals surface area contributed by atoms with E-state index in [4.69, 9.17) is 0 Å². The SMILES string of the molecule is C=Cc1c2cc(C)cc1PNC2. The Balaban J connectivity index is 2.65. The zero-order valence-electron chi connectivity index (χ0n) is 7.15. The van der Waals surface area contributed by atoms with Crippen LogP contribution in [-0.2, 0) is 6.54 Å². The Morgan fingerprint density at radius 3 is 3.08 bits per heavy atom. The van der Waals surface area contributed by atoms with Crippen molar-refractivity contribution >= 4 is 20.1 Å². The van der Waals surface area contributed by atoms with E-state index in [0.717, 1.165) is 15.3 Å². The van der Waals surface area contributed by atoms with E-state index in [0.29, 0.717) is 0 Å². The second-order valence-corrected chi connectivity index (χ2v) is 4.21. The number of fused-ring (bicyclic) bond motifs is 2. The molecule has 1 aliphatic heterocycles. The van der Waals surface area contributed by atoms with Crippen molar-refractivity contribution in [3.05, 3.63) is 35.4 Å². The summed E-state index contributed by atoms with van der Waals surface area (Å²) in [6, 6.07) is 4.47. The minimum absolute atomic E-state index is 0.744. The summed E-state index contributed by atoms with van der Waals surface area (Å²) in [6.07, 6.45) is 1.97. The fraction of sp³-hybridized carbons (Fsp3) is 0.200. The van der Waals surface area contributed by atoms with Crippen LogP contribution in [0.2, 0.25) is 0 Å². The van der Waals surface area contributed by atoms with Crippen molar-refractivity contribution in [1.29, 1.82) is 0 Å². The van der Waals surface area contributed by atoms with Gasteiger partial charge in [0.2, 0.25) is 0 Å². The van der Waals surface area contributed by atoms with E-state index in [-0.39, 0.29) is 0 Å². The van der Waals surface area contributed by atoms with Gasteiger partial charge in [-0.2, -0.15) is 0 Å². The van der Waals surface area contributed by atoms with E-state index in [1.807, 2.05) is 6.08 Å². The van der Waals surface area contributed by atoms with Crippen LogP contribution in [0.15, 0.2) is 18.7 Å². The van der Waals surface area contributed by atoms with E-state index >= 15 is 0 Å². The van der Waals surface area contributed by atoms with Crippen LogP contribution in [-0.4, -0.2) is 0 Å². The predicted octanol–water partition coefficient (Wildman–Crippen LogP) is 1.96. The molecule has 12 heavy (non-hydrogen) atoms. The molecule has 1 aliphatic rings. The standard InChI is InChI=1S/C10H12NP/c1-3-9-8-4-7(2)5-10(9)12-11-6-8/h3-5,11-12H,1,6H2,2H3. The zero-order chi connectivity index (χ0) is 8.55. The van der Waals surface area contributed by atoms with Crippen molar-refractivity contribution in [2.24, 2.45) is 0 Å². The maximum Gasteiger partial charge on any atom is 0.0248 e. The predicted molar refractivity (Wildman–Crippen MR) is 56.1 cm³/mol. The first-order valence-electron chi connectivity index (χ1n) is 4.06. The van der Waals surface area contributed by atoms with Gasteiger partial charge in [-0.1, -0.05) is 24.3 Å². The Morgan fingerprint density at radius 2 is 2.42 bits per heavy atom. The molecule has 2 bridgehead atoms. The molecule has 0 saturated heterocycles. The van der Waals surface area contributed by atoms with Crippen LogP contribution < -0.4 is 10.4 Å². The topological polar surface area (TPSA) is 12.0 Å². The average molecular weight is 177 g/mol. The molecular formula is C10H12NP. The second-order valence-electron chi connectivity index (χ2n) is 3.07. The third-order valence-electron chi connectivity index (χ3n) is 2.12. The number of aryl methyl sites for hydroxylation is 1. The Bertz CT molecular complexity index is 306. The summed E-state index contributed by atoms with van der Waals surface area (Å²) in [5, 5.41) is 4.79. The van der Waals surface area contributed by atoms with Crippen molar-refractivity contribution < 1.29 is 0 Å². The fourth-order valence-electron chi connectivity index (χ4n) is 1.60. The van der Waals surface area contributed by atoms with Crippen LogP contribution in [0.25, 0.3) is 6.08 Å².